The molecule has 0 spiro atoms. The first-order valence-electron chi connectivity index (χ1n) is 14.8. The molecule has 2 saturated heterocycles. The Morgan fingerprint density at radius 1 is 0.886 bits per heavy atom. The van der Waals surface area contributed by atoms with Gasteiger partial charge < -0.3 is 28.8 Å². The molecule has 2 fully saturated rings. The average molecular weight is 615 g/mol. The van der Waals surface area contributed by atoms with Crippen molar-refractivity contribution in [3.8, 4) is 5.75 Å². The summed E-state index contributed by atoms with van der Waals surface area (Å²) >= 11 is 6.71. The lowest BCUT2D eigenvalue weighted by Crippen LogP contribution is -2.59. The standard InChI is InChI=1S/C36H35ClO7/c1-2-40-30-16-13-25(14-17-30)19-28-20-29(15-18-31(28)37)36-33(42-23-27-11-7-4-8-12-27)32(41-22-26-9-5-3-6-10-26)21-35(44-36,24-43-36)34(38)39/h3-18,20,32-33H,2,19,21-24H2,1H3,(H,38,39). The van der Waals surface area contributed by atoms with E-state index in [0.29, 0.717) is 23.6 Å². The first-order valence-corrected chi connectivity index (χ1v) is 15.2. The van der Waals surface area contributed by atoms with Gasteiger partial charge in [-0.05, 0) is 59.9 Å². The molecule has 4 aromatic carbocycles. The third-order valence-electron chi connectivity index (χ3n) is 8.16. The fraction of sp³-hybridized carbons (Fsp3) is 0.306. The lowest BCUT2D eigenvalue weighted by atomic mass is 9.85. The molecule has 7 nitrogen and oxygen atoms in total. The summed E-state index contributed by atoms with van der Waals surface area (Å²) in [6.45, 7) is 2.94. The maximum absolute atomic E-state index is 12.7. The molecule has 2 heterocycles. The van der Waals surface area contributed by atoms with Crippen LogP contribution in [0.4, 0.5) is 0 Å². The van der Waals surface area contributed by atoms with Gasteiger partial charge in [0.05, 0.1) is 32.5 Å². The predicted molar refractivity (Wildman–Crippen MR) is 166 cm³/mol. The summed E-state index contributed by atoms with van der Waals surface area (Å²) < 4.78 is 31.6. The number of hydrogen-bond acceptors (Lipinski definition) is 6. The highest BCUT2D eigenvalue weighted by Crippen LogP contribution is 2.52. The van der Waals surface area contributed by atoms with Crippen molar-refractivity contribution in [1.82, 2.24) is 0 Å². The number of ether oxygens (including phenoxy) is 5. The van der Waals surface area contributed by atoms with Gasteiger partial charge in [-0.1, -0.05) is 90.5 Å². The molecule has 0 amide bonds. The summed E-state index contributed by atoms with van der Waals surface area (Å²) in [4.78, 5) is 12.7. The van der Waals surface area contributed by atoms with Crippen molar-refractivity contribution in [2.75, 3.05) is 13.2 Å². The number of carboxylic acid groups (broad SMARTS) is 1. The van der Waals surface area contributed by atoms with Gasteiger partial charge in [0.1, 0.15) is 11.9 Å². The van der Waals surface area contributed by atoms with Gasteiger partial charge in [0.2, 0.25) is 5.79 Å². The van der Waals surface area contributed by atoms with Crippen molar-refractivity contribution in [3.63, 3.8) is 0 Å². The van der Waals surface area contributed by atoms with Gasteiger partial charge >= 0.3 is 5.97 Å². The SMILES string of the molecule is CCOc1ccc(Cc2cc(C34OCC(C(=O)O)(CC(OCc5ccccc5)C3OCc3ccccc3)O4)ccc2Cl)cc1. The lowest BCUT2D eigenvalue weighted by Gasteiger charge is -2.45. The molecule has 228 valence electrons. The molecule has 2 aliphatic heterocycles. The number of carbonyl (C=O) groups is 1. The second-order valence-electron chi connectivity index (χ2n) is 11.2. The number of carboxylic acids is 1. The van der Waals surface area contributed by atoms with Crippen molar-refractivity contribution < 1.29 is 33.6 Å². The summed E-state index contributed by atoms with van der Waals surface area (Å²) in [7, 11) is 0. The Morgan fingerprint density at radius 2 is 1.55 bits per heavy atom. The Balaban J connectivity index is 1.36. The summed E-state index contributed by atoms with van der Waals surface area (Å²) in [5, 5.41) is 11.0. The third-order valence-corrected chi connectivity index (χ3v) is 8.52. The third kappa shape index (κ3) is 6.25. The van der Waals surface area contributed by atoms with Crippen LogP contribution in [-0.4, -0.2) is 42.1 Å². The van der Waals surface area contributed by atoms with Crippen LogP contribution in [0.1, 0.15) is 41.2 Å². The highest BCUT2D eigenvalue weighted by Gasteiger charge is 2.67. The molecule has 2 aliphatic rings. The Morgan fingerprint density at radius 3 is 2.18 bits per heavy atom. The smallest absolute Gasteiger partial charge is 0.338 e. The predicted octanol–water partition coefficient (Wildman–Crippen LogP) is 6.93. The average Bonchev–Trinajstić information content (AvgIpc) is 3.38. The fourth-order valence-electron chi connectivity index (χ4n) is 5.91. The number of halogens is 1. The maximum Gasteiger partial charge on any atom is 0.338 e. The van der Waals surface area contributed by atoms with E-state index in [1.807, 2.05) is 104 Å². The largest absolute Gasteiger partial charge is 0.494 e. The summed E-state index contributed by atoms with van der Waals surface area (Å²) in [6, 6.07) is 33.0. The monoisotopic (exact) mass is 614 g/mol. The summed E-state index contributed by atoms with van der Waals surface area (Å²) in [5.41, 5.74) is 2.85. The first kappa shape index (κ1) is 30.3. The zero-order chi connectivity index (χ0) is 30.6. The van der Waals surface area contributed by atoms with Crippen LogP contribution in [-0.2, 0) is 49.2 Å². The van der Waals surface area contributed by atoms with E-state index < -0.39 is 29.6 Å². The van der Waals surface area contributed by atoms with E-state index in [2.05, 4.69) is 0 Å². The molecule has 4 aromatic rings. The number of aliphatic carboxylic acids is 1. The zero-order valence-electron chi connectivity index (χ0n) is 24.5. The van der Waals surface area contributed by atoms with Crippen LogP contribution in [0, 0.1) is 0 Å². The van der Waals surface area contributed by atoms with Gasteiger partial charge in [-0.3, -0.25) is 0 Å². The van der Waals surface area contributed by atoms with Gasteiger partial charge in [-0.15, -0.1) is 0 Å². The second-order valence-corrected chi connectivity index (χ2v) is 11.6. The molecule has 8 heteroatoms. The van der Waals surface area contributed by atoms with Gasteiger partial charge in [0, 0.05) is 17.0 Å². The van der Waals surface area contributed by atoms with Gasteiger partial charge in [-0.2, -0.15) is 0 Å². The topological polar surface area (TPSA) is 83.5 Å². The number of benzene rings is 4. The van der Waals surface area contributed by atoms with E-state index in [0.717, 1.165) is 28.0 Å². The molecule has 0 aromatic heterocycles. The summed E-state index contributed by atoms with van der Waals surface area (Å²) in [6.07, 6.45) is -0.802. The molecule has 0 aliphatic carbocycles. The quantitative estimate of drug-likeness (QED) is 0.185. The highest BCUT2D eigenvalue weighted by molar-refractivity contribution is 6.31. The minimum atomic E-state index is -1.59. The fourth-order valence-corrected chi connectivity index (χ4v) is 6.09. The van der Waals surface area contributed by atoms with Crippen molar-refractivity contribution in [2.24, 2.45) is 0 Å². The molecule has 6 rings (SSSR count). The minimum absolute atomic E-state index is 0.0724. The van der Waals surface area contributed by atoms with Crippen LogP contribution in [0.25, 0.3) is 0 Å². The lowest BCUT2D eigenvalue weighted by molar-refractivity contribution is -0.316. The molecule has 4 atom stereocenters. The molecular weight excluding hydrogens is 580 g/mol. The molecule has 4 unspecified atom stereocenters. The Kier molecular flexibility index (Phi) is 9.03. The normalized spacial score (nSPS) is 24.2. The summed E-state index contributed by atoms with van der Waals surface area (Å²) in [5.74, 6) is -1.84. The minimum Gasteiger partial charge on any atom is -0.494 e. The Bertz CT molecular complexity index is 1560. The van der Waals surface area contributed by atoms with Crippen molar-refractivity contribution >= 4 is 17.6 Å². The van der Waals surface area contributed by atoms with Crippen LogP contribution in [0.15, 0.2) is 103 Å². The van der Waals surface area contributed by atoms with Crippen molar-refractivity contribution in [2.45, 2.75) is 56.6 Å². The van der Waals surface area contributed by atoms with Gasteiger partial charge in [-0.25, -0.2) is 4.79 Å². The first-order chi connectivity index (χ1) is 21.4. The van der Waals surface area contributed by atoms with E-state index in [1.54, 1.807) is 6.07 Å². The number of hydrogen-bond donors (Lipinski definition) is 1. The maximum atomic E-state index is 12.7. The van der Waals surface area contributed by atoms with Gasteiger partial charge in [0.25, 0.3) is 0 Å². The van der Waals surface area contributed by atoms with Crippen molar-refractivity contribution in [1.29, 1.82) is 0 Å². The van der Waals surface area contributed by atoms with E-state index in [-0.39, 0.29) is 26.2 Å². The Labute approximate surface area is 262 Å². The zero-order valence-corrected chi connectivity index (χ0v) is 25.2. The van der Waals surface area contributed by atoms with Crippen LogP contribution in [0.2, 0.25) is 5.02 Å². The van der Waals surface area contributed by atoms with Crippen LogP contribution >= 0.6 is 11.6 Å². The molecule has 44 heavy (non-hydrogen) atoms. The molecule has 0 radical (unpaired) electrons. The van der Waals surface area contributed by atoms with Crippen LogP contribution in [0.3, 0.4) is 0 Å². The van der Waals surface area contributed by atoms with E-state index in [9.17, 15) is 9.90 Å². The van der Waals surface area contributed by atoms with E-state index in [1.165, 1.54) is 0 Å². The molecule has 2 bridgehead atoms. The van der Waals surface area contributed by atoms with Gasteiger partial charge in [0.15, 0.2) is 5.60 Å². The molecule has 0 saturated carbocycles. The molecular formula is C36H35ClO7. The number of rotatable bonds is 12. The molecule has 1 N–H and O–H groups in total. The highest BCUT2D eigenvalue weighted by atomic mass is 35.5. The van der Waals surface area contributed by atoms with Crippen LogP contribution in [0.5, 0.6) is 5.75 Å². The van der Waals surface area contributed by atoms with Crippen LogP contribution < -0.4 is 4.74 Å². The van der Waals surface area contributed by atoms with E-state index >= 15 is 0 Å². The number of fused-ring (bicyclic) bond motifs is 2. The second kappa shape index (κ2) is 13.1. The Hall–Kier alpha value is -3.72. The van der Waals surface area contributed by atoms with E-state index in [4.69, 9.17) is 35.3 Å². The van der Waals surface area contributed by atoms with Crippen molar-refractivity contribution in [3.05, 3.63) is 136 Å².